The van der Waals surface area contributed by atoms with Gasteiger partial charge < -0.3 is 28.6 Å². The van der Waals surface area contributed by atoms with Crippen LogP contribution < -0.4 is 20.0 Å². The van der Waals surface area contributed by atoms with Crippen molar-refractivity contribution in [2.45, 2.75) is 33.0 Å². The van der Waals surface area contributed by atoms with E-state index < -0.39 is 6.10 Å². The second-order valence-electron chi connectivity index (χ2n) is 7.41. The first-order valence-electron chi connectivity index (χ1n) is 10.5. The first kappa shape index (κ1) is 21.9. The fourth-order valence-corrected chi connectivity index (χ4v) is 3.92. The lowest BCUT2D eigenvalue weighted by molar-refractivity contribution is -0.897. The van der Waals surface area contributed by atoms with E-state index in [0.717, 1.165) is 42.8 Å². The average Bonchev–Trinajstić information content (AvgIpc) is 3.05. The second-order valence-corrected chi connectivity index (χ2v) is 7.41. The third kappa shape index (κ3) is 4.37. The Labute approximate surface area is 177 Å². The van der Waals surface area contributed by atoms with Gasteiger partial charge in [-0.05, 0) is 43.7 Å². The molecule has 1 atom stereocenters. The van der Waals surface area contributed by atoms with Crippen molar-refractivity contribution in [1.29, 1.82) is 5.41 Å². The molecule has 0 amide bonds. The lowest BCUT2D eigenvalue weighted by Crippen LogP contribution is -3.11. The smallest absolute Gasteiger partial charge is 0.203 e. The average molecular weight is 414 g/mol. The molecule has 2 aromatic carbocycles. The zero-order valence-electron chi connectivity index (χ0n) is 18.3. The molecule has 1 unspecified atom stereocenters. The number of nitrogens with zero attached hydrogens (tertiary/aromatic N) is 2. The molecule has 3 N–H and O–H groups in total. The molecule has 0 aliphatic carbocycles. The van der Waals surface area contributed by atoms with Gasteiger partial charge in [0.1, 0.15) is 0 Å². The number of ether oxygens (including phenoxy) is 2. The van der Waals surface area contributed by atoms with E-state index in [1.54, 1.807) is 26.4 Å². The maximum Gasteiger partial charge on any atom is 0.203 e. The number of imidazole rings is 1. The maximum atomic E-state index is 10.9. The molecule has 3 aromatic rings. The highest BCUT2D eigenvalue weighted by Gasteiger charge is 2.17. The highest BCUT2D eigenvalue weighted by molar-refractivity contribution is 5.75. The molecule has 162 valence electrons. The number of quaternary nitrogens is 1. The summed E-state index contributed by atoms with van der Waals surface area (Å²) in [5.74, 6) is 1.20. The minimum atomic E-state index is -0.772. The number of hydrogen-bond acceptors (Lipinski definition) is 4. The summed E-state index contributed by atoms with van der Waals surface area (Å²) in [6.45, 7) is 8.55. The summed E-state index contributed by atoms with van der Waals surface area (Å²) in [6, 6.07) is 13.4. The van der Waals surface area contributed by atoms with Gasteiger partial charge in [0, 0.05) is 0 Å². The van der Waals surface area contributed by atoms with Crippen LogP contribution >= 0.6 is 0 Å². The molecule has 3 rings (SSSR count). The van der Waals surface area contributed by atoms with Crippen LogP contribution in [0.15, 0.2) is 42.5 Å². The molecule has 0 aliphatic rings. The number of fused-ring (bicyclic) bond motifs is 1. The third-order valence-electron chi connectivity index (χ3n) is 5.81. The molecule has 30 heavy (non-hydrogen) atoms. The SMILES string of the molecule is CC[NH+](CC)CCn1c(=N)n(CC(O)c2ccc(OC)c(OC)c2)c2ccccc21. The number of likely N-dealkylation sites (N-methyl/N-ethyl adjacent to an activating group) is 1. The molecule has 1 aromatic heterocycles. The largest absolute Gasteiger partial charge is 0.493 e. The summed E-state index contributed by atoms with van der Waals surface area (Å²) in [6.07, 6.45) is -0.772. The van der Waals surface area contributed by atoms with Crippen LogP contribution in [0.1, 0.15) is 25.5 Å². The Morgan fingerprint density at radius 3 is 2.20 bits per heavy atom. The van der Waals surface area contributed by atoms with Gasteiger partial charge in [0.25, 0.3) is 0 Å². The molecule has 0 saturated heterocycles. The van der Waals surface area contributed by atoms with E-state index in [-0.39, 0.29) is 0 Å². The summed E-state index contributed by atoms with van der Waals surface area (Å²) in [5, 5.41) is 19.7. The Hall–Kier alpha value is -2.77. The van der Waals surface area contributed by atoms with Crippen molar-refractivity contribution < 1.29 is 19.5 Å². The highest BCUT2D eigenvalue weighted by atomic mass is 16.5. The summed E-state index contributed by atoms with van der Waals surface area (Å²) < 4.78 is 14.6. The molecule has 7 heteroatoms. The van der Waals surface area contributed by atoms with E-state index in [0.29, 0.717) is 23.7 Å². The van der Waals surface area contributed by atoms with Crippen LogP contribution in [-0.2, 0) is 13.1 Å². The molecule has 0 bridgehead atoms. The molecule has 0 aliphatic heterocycles. The van der Waals surface area contributed by atoms with Gasteiger partial charge in [-0.3, -0.25) is 5.41 Å². The maximum absolute atomic E-state index is 10.9. The minimum absolute atomic E-state index is 0.292. The second kappa shape index (κ2) is 9.82. The van der Waals surface area contributed by atoms with Crippen molar-refractivity contribution in [2.24, 2.45) is 0 Å². The van der Waals surface area contributed by atoms with Crippen LogP contribution in [0.25, 0.3) is 11.0 Å². The number of hydrogen-bond donors (Lipinski definition) is 3. The van der Waals surface area contributed by atoms with Crippen LogP contribution in [0.2, 0.25) is 0 Å². The number of aliphatic hydroxyl groups is 1. The van der Waals surface area contributed by atoms with E-state index in [1.165, 1.54) is 4.90 Å². The molecular weight excluding hydrogens is 380 g/mol. The van der Waals surface area contributed by atoms with Crippen LogP contribution in [0, 0.1) is 5.41 Å². The monoisotopic (exact) mass is 413 g/mol. The topological polar surface area (TPSA) is 76.8 Å². The Balaban J connectivity index is 1.92. The summed E-state index contributed by atoms with van der Waals surface area (Å²) in [7, 11) is 3.17. The number of benzene rings is 2. The Kier molecular flexibility index (Phi) is 7.18. The van der Waals surface area contributed by atoms with Gasteiger partial charge in [0.05, 0.1) is 64.1 Å². The van der Waals surface area contributed by atoms with Crippen molar-refractivity contribution in [2.75, 3.05) is 33.9 Å². The minimum Gasteiger partial charge on any atom is -0.493 e. The van der Waals surface area contributed by atoms with Gasteiger partial charge in [0.15, 0.2) is 11.5 Å². The van der Waals surface area contributed by atoms with Crippen molar-refractivity contribution in [3.63, 3.8) is 0 Å². The van der Waals surface area contributed by atoms with Crippen LogP contribution in [0.4, 0.5) is 0 Å². The first-order valence-corrected chi connectivity index (χ1v) is 10.5. The Morgan fingerprint density at radius 1 is 0.967 bits per heavy atom. The predicted molar refractivity (Wildman–Crippen MR) is 117 cm³/mol. The van der Waals surface area contributed by atoms with Gasteiger partial charge >= 0.3 is 0 Å². The molecule has 0 fully saturated rings. The molecule has 0 radical (unpaired) electrons. The van der Waals surface area contributed by atoms with E-state index in [1.807, 2.05) is 39.5 Å². The number of nitrogens with one attached hydrogen (secondary N) is 2. The fourth-order valence-electron chi connectivity index (χ4n) is 3.92. The first-order chi connectivity index (χ1) is 14.5. The van der Waals surface area contributed by atoms with Gasteiger partial charge in [-0.25, -0.2) is 0 Å². The number of rotatable bonds is 10. The predicted octanol–water partition coefficient (Wildman–Crippen LogP) is 1.60. The third-order valence-corrected chi connectivity index (χ3v) is 5.81. The molecule has 1 heterocycles. The van der Waals surface area contributed by atoms with Crippen molar-refractivity contribution in [3.05, 3.63) is 53.6 Å². The number of para-hydroxylation sites is 2. The zero-order chi connectivity index (χ0) is 21.7. The van der Waals surface area contributed by atoms with Crippen LogP contribution in [0.3, 0.4) is 0 Å². The normalized spacial score (nSPS) is 12.5. The van der Waals surface area contributed by atoms with E-state index >= 15 is 0 Å². The van der Waals surface area contributed by atoms with Crippen LogP contribution in [0.5, 0.6) is 11.5 Å². The Bertz CT molecular complexity index is 1040. The van der Waals surface area contributed by atoms with E-state index in [4.69, 9.17) is 14.9 Å². The highest BCUT2D eigenvalue weighted by Crippen LogP contribution is 2.30. The van der Waals surface area contributed by atoms with Crippen LogP contribution in [-0.4, -0.2) is 48.1 Å². The van der Waals surface area contributed by atoms with E-state index in [2.05, 4.69) is 13.8 Å². The van der Waals surface area contributed by atoms with Gasteiger partial charge in [-0.1, -0.05) is 18.2 Å². The molecule has 7 nitrogen and oxygen atoms in total. The van der Waals surface area contributed by atoms with Gasteiger partial charge in [0.2, 0.25) is 5.62 Å². The summed E-state index contributed by atoms with van der Waals surface area (Å²) in [4.78, 5) is 1.50. The summed E-state index contributed by atoms with van der Waals surface area (Å²) in [5.41, 5.74) is 3.11. The van der Waals surface area contributed by atoms with Crippen molar-refractivity contribution in [1.82, 2.24) is 9.13 Å². The molecule has 0 spiro atoms. The van der Waals surface area contributed by atoms with E-state index in [9.17, 15) is 5.11 Å². The summed E-state index contributed by atoms with van der Waals surface area (Å²) >= 11 is 0. The lowest BCUT2D eigenvalue weighted by Gasteiger charge is -2.16. The number of methoxy groups -OCH3 is 2. The number of aromatic nitrogens is 2. The standard InChI is InChI=1S/C23H32N4O3/c1-5-25(6-2)13-14-26-18-9-7-8-10-19(18)27(23(26)24)16-20(28)17-11-12-21(29-3)22(15-17)30-4/h7-12,15,20,24,28H,5-6,13-14,16H2,1-4H3/p+1. The zero-order valence-corrected chi connectivity index (χ0v) is 18.3. The fraction of sp³-hybridized carbons (Fsp3) is 0.435. The van der Waals surface area contributed by atoms with Crippen molar-refractivity contribution >= 4 is 11.0 Å². The Morgan fingerprint density at radius 2 is 1.60 bits per heavy atom. The lowest BCUT2D eigenvalue weighted by atomic mass is 10.1. The van der Waals surface area contributed by atoms with Gasteiger partial charge in [-0.15, -0.1) is 0 Å². The molecular formula is C23H33N4O3+. The number of aliphatic hydroxyl groups excluding tert-OH is 1. The van der Waals surface area contributed by atoms with Gasteiger partial charge in [-0.2, -0.15) is 0 Å². The quantitative estimate of drug-likeness (QED) is 0.473. The van der Waals surface area contributed by atoms with Crippen molar-refractivity contribution in [3.8, 4) is 11.5 Å². The molecule has 0 saturated carbocycles.